The quantitative estimate of drug-likeness (QED) is 0.352. The molecule has 0 aliphatic rings. The summed E-state index contributed by atoms with van der Waals surface area (Å²) in [4.78, 5) is 4.50. The van der Waals surface area contributed by atoms with Crippen molar-refractivity contribution in [3.8, 4) is 17.2 Å². The third-order valence-electron chi connectivity index (χ3n) is 5.42. The van der Waals surface area contributed by atoms with Gasteiger partial charge in [0.25, 0.3) is 0 Å². The van der Waals surface area contributed by atoms with E-state index in [0.29, 0.717) is 24.0 Å². The van der Waals surface area contributed by atoms with Gasteiger partial charge in [0.15, 0.2) is 5.15 Å². The van der Waals surface area contributed by atoms with E-state index in [9.17, 15) is 13.2 Å². The Kier molecular flexibility index (Phi) is 7.03. The average molecular weight is 494 g/mol. The summed E-state index contributed by atoms with van der Waals surface area (Å²) in [6.45, 7) is 2.87. The molecular weight excluding hydrogens is 471 g/mol. The molecular formula is C22H23ClF3N7O. The summed E-state index contributed by atoms with van der Waals surface area (Å²) in [7, 11) is 1.59. The van der Waals surface area contributed by atoms with Crippen LogP contribution in [0.2, 0.25) is 5.15 Å². The summed E-state index contributed by atoms with van der Waals surface area (Å²) >= 11 is 6.35. The normalized spacial score (nSPS) is 11.9. The molecule has 0 radical (unpaired) electrons. The Morgan fingerprint density at radius 2 is 1.88 bits per heavy atom. The number of halogens is 4. The number of nitrogens with zero attached hydrogens (tertiary/aromatic N) is 6. The highest BCUT2D eigenvalue weighted by Gasteiger charge is 2.36. The van der Waals surface area contributed by atoms with E-state index in [4.69, 9.17) is 16.3 Å². The van der Waals surface area contributed by atoms with Crippen molar-refractivity contribution >= 4 is 11.6 Å². The summed E-state index contributed by atoms with van der Waals surface area (Å²) in [5.74, 6) is 0.921. The molecule has 0 saturated heterocycles. The molecule has 0 spiro atoms. The number of hydrogen-bond donors (Lipinski definition) is 1. The lowest BCUT2D eigenvalue weighted by Gasteiger charge is -2.16. The minimum absolute atomic E-state index is 0.0670. The molecule has 0 amide bonds. The lowest BCUT2D eigenvalue weighted by atomic mass is 10.2. The van der Waals surface area contributed by atoms with Crippen molar-refractivity contribution in [2.75, 3.05) is 7.11 Å². The van der Waals surface area contributed by atoms with Crippen LogP contribution in [0.25, 0.3) is 17.2 Å². The number of hydrogen-bond acceptors (Lipinski definition) is 5. The van der Waals surface area contributed by atoms with Gasteiger partial charge >= 0.3 is 6.18 Å². The van der Waals surface area contributed by atoms with Crippen LogP contribution in [0, 0.1) is 0 Å². The Bertz CT molecular complexity index is 1230. The van der Waals surface area contributed by atoms with Gasteiger partial charge in [0.05, 0.1) is 18.0 Å². The predicted octanol–water partition coefficient (Wildman–Crippen LogP) is 5.06. The minimum atomic E-state index is -4.56. The molecule has 0 fully saturated rings. The number of rotatable bonds is 9. The lowest BCUT2D eigenvalue weighted by Crippen LogP contribution is -2.13. The molecule has 0 aliphatic carbocycles. The van der Waals surface area contributed by atoms with Gasteiger partial charge < -0.3 is 13.9 Å². The number of aryl methyl sites for hydroxylation is 1. The first-order valence-corrected chi connectivity index (χ1v) is 11.1. The van der Waals surface area contributed by atoms with E-state index in [1.54, 1.807) is 31.4 Å². The van der Waals surface area contributed by atoms with Gasteiger partial charge in [-0.3, -0.25) is 0 Å². The van der Waals surface area contributed by atoms with Gasteiger partial charge in [0, 0.05) is 25.8 Å². The van der Waals surface area contributed by atoms with Crippen molar-refractivity contribution in [1.29, 1.82) is 0 Å². The van der Waals surface area contributed by atoms with Crippen molar-refractivity contribution in [1.82, 2.24) is 34.7 Å². The fourth-order valence-electron chi connectivity index (χ4n) is 3.81. The van der Waals surface area contributed by atoms with Crippen LogP contribution < -0.4 is 0 Å². The molecule has 12 heteroatoms. The van der Waals surface area contributed by atoms with Crippen LogP contribution in [-0.4, -0.2) is 41.9 Å². The molecule has 34 heavy (non-hydrogen) atoms. The standard InChI is InChI=1S/C22H23ClF3N7O/c1-3-4-5-19-27-20(23)17(13-34-2)32(19)12-14-6-8-15(9-7-14)33-16(21-28-30-31-29-21)10-11-18(33)22(24,25)26/h6-11H,3-5,12-13H2,1-2H3,(H,28,29,30,31). The molecule has 0 bridgehead atoms. The number of ether oxygens (including phenoxy) is 1. The van der Waals surface area contributed by atoms with Gasteiger partial charge in [-0.15, -0.1) is 10.2 Å². The van der Waals surface area contributed by atoms with Crippen LogP contribution in [0.5, 0.6) is 0 Å². The van der Waals surface area contributed by atoms with Gasteiger partial charge in [0.2, 0.25) is 5.82 Å². The molecule has 3 heterocycles. The van der Waals surface area contributed by atoms with Crippen LogP contribution in [0.4, 0.5) is 13.2 Å². The molecule has 0 saturated carbocycles. The molecule has 8 nitrogen and oxygen atoms in total. The molecule has 180 valence electrons. The van der Waals surface area contributed by atoms with E-state index >= 15 is 0 Å². The van der Waals surface area contributed by atoms with Crippen LogP contribution in [0.15, 0.2) is 36.4 Å². The van der Waals surface area contributed by atoms with E-state index < -0.39 is 11.9 Å². The highest BCUT2D eigenvalue weighted by molar-refractivity contribution is 6.30. The Labute approximate surface area is 198 Å². The number of methoxy groups -OCH3 is 1. The van der Waals surface area contributed by atoms with Crippen molar-refractivity contribution in [3.05, 3.63) is 64.3 Å². The van der Waals surface area contributed by atoms with Crippen molar-refractivity contribution in [2.24, 2.45) is 0 Å². The molecule has 1 N–H and O–H groups in total. The monoisotopic (exact) mass is 493 g/mol. The highest BCUT2D eigenvalue weighted by atomic mass is 35.5. The molecule has 4 aromatic rings. The maximum absolute atomic E-state index is 13.7. The first-order chi connectivity index (χ1) is 16.3. The smallest absolute Gasteiger partial charge is 0.378 e. The first-order valence-electron chi connectivity index (χ1n) is 10.7. The number of tetrazole rings is 1. The SMILES string of the molecule is CCCCc1nc(Cl)c(COC)n1Cc1ccc(-n2c(-c3nn[nH]n3)ccc2C(F)(F)F)cc1. The number of aromatic nitrogens is 7. The number of alkyl halides is 3. The average Bonchev–Trinajstić information content (AvgIpc) is 3.53. The molecule has 3 aromatic heterocycles. The summed E-state index contributed by atoms with van der Waals surface area (Å²) in [6.07, 6.45) is -1.81. The van der Waals surface area contributed by atoms with Crippen LogP contribution in [0.3, 0.4) is 0 Å². The zero-order valence-electron chi connectivity index (χ0n) is 18.6. The summed E-state index contributed by atoms with van der Waals surface area (Å²) in [5, 5.41) is 13.8. The van der Waals surface area contributed by atoms with Gasteiger partial charge in [0.1, 0.15) is 11.5 Å². The van der Waals surface area contributed by atoms with Gasteiger partial charge in [-0.1, -0.05) is 37.1 Å². The highest BCUT2D eigenvalue weighted by Crippen LogP contribution is 2.35. The Morgan fingerprint density at radius 3 is 2.50 bits per heavy atom. The van der Waals surface area contributed by atoms with Crippen LogP contribution in [-0.2, 0) is 30.5 Å². The summed E-state index contributed by atoms with van der Waals surface area (Å²) < 4.78 is 49.5. The van der Waals surface area contributed by atoms with E-state index in [1.807, 2.05) is 4.57 Å². The number of nitrogens with one attached hydrogen (secondary N) is 1. The Hall–Kier alpha value is -3.18. The summed E-state index contributed by atoms with van der Waals surface area (Å²) in [6, 6.07) is 9.16. The minimum Gasteiger partial charge on any atom is -0.378 e. The Balaban J connectivity index is 1.69. The number of unbranched alkanes of at least 4 members (excludes halogenated alkanes) is 1. The van der Waals surface area contributed by atoms with Gasteiger partial charge in [-0.05, 0) is 41.5 Å². The fraction of sp³-hybridized carbons (Fsp3) is 0.364. The van der Waals surface area contributed by atoms with Gasteiger partial charge in [-0.25, -0.2) is 4.98 Å². The van der Waals surface area contributed by atoms with Gasteiger partial charge in [-0.2, -0.15) is 18.4 Å². The zero-order chi connectivity index (χ0) is 24.3. The zero-order valence-corrected chi connectivity index (χ0v) is 19.4. The van der Waals surface area contributed by atoms with E-state index in [2.05, 4.69) is 32.5 Å². The number of aromatic amines is 1. The van der Waals surface area contributed by atoms with Crippen molar-refractivity contribution in [2.45, 2.75) is 45.5 Å². The predicted molar refractivity (Wildman–Crippen MR) is 120 cm³/mol. The van der Waals surface area contributed by atoms with Crippen molar-refractivity contribution in [3.63, 3.8) is 0 Å². The lowest BCUT2D eigenvalue weighted by molar-refractivity contribution is -0.142. The van der Waals surface area contributed by atoms with E-state index in [-0.39, 0.29) is 11.5 Å². The van der Waals surface area contributed by atoms with E-state index in [1.165, 1.54) is 6.07 Å². The number of benzene rings is 1. The maximum Gasteiger partial charge on any atom is 0.431 e. The topological polar surface area (TPSA) is 86.4 Å². The number of imidazole rings is 1. The van der Waals surface area contributed by atoms with Crippen LogP contribution >= 0.6 is 11.6 Å². The third-order valence-corrected chi connectivity index (χ3v) is 5.72. The largest absolute Gasteiger partial charge is 0.431 e. The molecule has 4 rings (SSSR count). The molecule has 1 aromatic carbocycles. The first kappa shape index (κ1) is 24.0. The van der Waals surface area contributed by atoms with Crippen LogP contribution in [0.1, 0.15) is 42.5 Å². The third kappa shape index (κ3) is 4.85. The van der Waals surface area contributed by atoms with Crippen molar-refractivity contribution < 1.29 is 17.9 Å². The Morgan fingerprint density at radius 1 is 1.12 bits per heavy atom. The second kappa shape index (κ2) is 9.98. The second-order valence-electron chi connectivity index (χ2n) is 7.73. The maximum atomic E-state index is 13.7. The molecule has 0 atom stereocenters. The second-order valence-corrected chi connectivity index (χ2v) is 8.09. The fourth-order valence-corrected chi connectivity index (χ4v) is 4.06. The summed E-state index contributed by atoms with van der Waals surface area (Å²) in [5.41, 5.74) is 1.33. The number of H-pyrrole nitrogens is 1. The molecule has 0 aliphatic heterocycles. The van der Waals surface area contributed by atoms with E-state index in [0.717, 1.165) is 47.0 Å². The molecule has 0 unspecified atom stereocenters.